The van der Waals surface area contributed by atoms with Gasteiger partial charge >= 0.3 is 6.18 Å². The predicted octanol–water partition coefficient (Wildman–Crippen LogP) is 5.32. The number of hydrogen-bond donors (Lipinski definition) is 1. The van der Waals surface area contributed by atoms with Crippen molar-refractivity contribution in [2.24, 2.45) is 0 Å². The van der Waals surface area contributed by atoms with Crippen molar-refractivity contribution in [1.82, 2.24) is 20.0 Å². The van der Waals surface area contributed by atoms with E-state index in [1.807, 2.05) is 24.3 Å². The van der Waals surface area contributed by atoms with E-state index in [9.17, 15) is 18.0 Å². The van der Waals surface area contributed by atoms with Crippen LogP contribution in [0.25, 0.3) is 5.69 Å². The summed E-state index contributed by atoms with van der Waals surface area (Å²) in [6, 6.07) is 13.4. The lowest BCUT2D eigenvalue weighted by atomic mass is 10.1. The molecule has 1 aromatic heterocycles. The molecule has 0 saturated carbocycles. The fourth-order valence-electron chi connectivity index (χ4n) is 3.43. The van der Waals surface area contributed by atoms with Gasteiger partial charge in [0.05, 0.1) is 17.4 Å². The van der Waals surface area contributed by atoms with Crippen molar-refractivity contribution in [3.63, 3.8) is 0 Å². The lowest BCUT2D eigenvalue weighted by Crippen LogP contribution is -2.28. The summed E-state index contributed by atoms with van der Waals surface area (Å²) in [5.41, 5.74) is 0.298. The smallest absolute Gasteiger partial charge is 0.348 e. The molecule has 0 aliphatic carbocycles. The second kappa shape index (κ2) is 10.2. The van der Waals surface area contributed by atoms with Crippen LogP contribution in [0.2, 0.25) is 5.02 Å². The van der Waals surface area contributed by atoms with Crippen LogP contribution in [0, 0.1) is 0 Å². The first-order valence-corrected chi connectivity index (χ1v) is 10.6. The van der Waals surface area contributed by atoms with E-state index >= 15 is 0 Å². The van der Waals surface area contributed by atoms with Gasteiger partial charge in [-0.3, -0.25) is 9.69 Å². The number of aromatic nitrogens is 2. The molecule has 5 nitrogen and oxygen atoms in total. The third-order valence-electron chi connectivity index (χ3n) is 5.18. The van der Waals surface area contributed by atoms with Crippen LogP contribution in [-0.2, 0) is 19.3 Å². The molecule has 0 saturated heterocycles. The zero-order valence-corrected chi connectivity index (χ0v) is 18.5. The minimum Gasteiger partial charge on any atom is -0.348 e. The molecule has 2 aromatic carbocycles. The Bertz CT molecular complexity index is 1080. The van der Waals surface area contributed by atoms with Gasteiger partial charge in [-0.1, -0.05) is 55.8 Å². The number of rotatable bonds is 8. The SMILES string of the molecule is CCN(CC)Cc1ccccc1CNC(=O)c1cnn(-c2cccc(Cl)c2)c1C(F)(F)F. The molecule has 0 aliphatic rings. The topological polar surface area (TPSA) is 50.2 Å². The van der Waals surface area contributed by atoms with Crippen LogP contribution in [0.3, 0.4) is 0 Å². The lowest BCUT2D eigenvalue weighted by Gasteiger charge is -2.20. The Balaban J connectivity index is 1.85. The van der Waals surface area contributed by atoms with E-state index in [4.69, 9.17) is 11.6 Å². The molecule has 1 heterocycles. The highest BCUT2D eigenvalue weighted by molar-refractivity contribution is 6.30. The summed E-state index contributed by atoms with van der Waals surface area (Å²) in [5, 5.41) is 6.70. The lowest BCUT2D eigenvalue weighted by molar-refractivity contribution is -0.143. The number of nitrogens with zero attached hydrogens (tertiary/aromatic N) is 3. The molecule has 9 heteroatoms. The van der Waals surface area contributed by atoms with Crippen molar-refractivity contribution in [1.29, 1.82) is 0 Å². The van der Waals surface area contributed by atoms with Crippen LogP contribution in [-0.4, -0.2) is 33.7 Å². The van der Waals surface area contributed by atoms with E-state index in [2.05, 4.69) is 29.2 Å². The van der Waals surface area contributed by atoms with Gasteiger partial charge in [0.2, 0.25) is 0 Å². The number of hydrogen-bond acceptors (Lipinski definition) is 3. The Morgan fingerprint density at radius 2 is 1.78 bits per heavy atom. The predicted molar refractivity (Wildman–Crippen MR) is 118 cm³/mol. The Kier molecular flexibility index (Phi) is 7.58. The molecule has 0 atom stereocenters. The third-order valence-corrected chi connectivity index (χ3v) is 5.42. The van der Waals surface area contributed by atoms with Gasteiger partial charge in [0, 0.05) is 18.1 Å². The van der Waals surface area contributed by atoms with E-state index in [0.717, 1.165) is 30.4 Å². The highest BCUT2D eigenvalue weighted by Crippen LogP contribution is 2.34. The number of carbonyl (C=O) groups excluding carboxylic acids is 1. The van der Waals surface area contributed by atoms with Crippen molar-refractivity contribution in [2.45, 2.75) is 33.1 Å². The fourth-order valence-corrected chi connectivity index (χ4v) is 3.62. The Morgan fingerprint density at radius 3 is 2.41 bits per heavy atom. The average Bonchev–Trinajstić information content (AvgIpc) is 3.22. The highest BCUT2D eigenvalue weighted by atomic mass is 35.5. The average molecular weight is 465 g/mol. The minimum atomic E-state index is -4.79. The van der Waals surface area contributed by atoms with Gasteiger partial charge in [-0.05, 0) is 42.4 Å². The van der Waals surface area contributed by atoms with Crippen LogP contribution in [0.15, 0.2) is 54.7 Å². The Labute approximate surface area is 189 Å². The summed E-state index contributed by atoms with van der Waals surface area (Å²) in [5.74, 6) is -0.844. The molecule has 1 N–H and O–H groups in total. The largest absolute Gasteiger partial charge is 0.434 e. The quantitative estimate of drug-likeness (QED) is 0.491. The molecular weight excluding hydrogens is 441 g/mol. The first-order chi connectivity index (χ1) is 15.2. The van der Waals surface area contributed by atoms with Gasteiger partial charge in [0.15, 0.2) is 5.69 Å². The van der Waals surface area contributed by atoms with Crippen LogP contribution in [0.5, 0.6) is 0 Å². The highest BCUT2D eigenvalue weighted by Gasteiger charge is 2.40. The zero-order chi connectivity index (χ0) is 23.3. The molecule has 0 radical (unpaired) electrons. The van der Waals surface area contributed by atoms with Crippen molar-refractivity contribution >= 4 is 17.5 Å². The Hall–Kier alpha value is -2.84. The first-order valence-electron chi connectivity index (χ1n) is 10.2. The van der Waals surface area contributed by atoms with Crippen LogP contribution in [0.1, 0.15) is 41.0 Å². The summed E-state index contributed by atoms with van der Waals surface area (Å²) >= 11 is 5.91. The maximum atomic E-state index is 13.9. The van der Waals surface area contributed by atoms with Gasteiger partial charge < -0.3 is 5.32 Å². The molecule has 0 spiro atoms. The summed E-state index contributed by atoms with van der Waals surface area (Å²) in [6.45, 7) is 6.66. The number of alkyl halides is 3. The number of benzene rings is 2. The molecule has 0 aliphatic heterocycles. The summed E-state index contributed by atoms with van der Waals surface area (Å²) in [6.07, 6.45) is -3.85. The zero-order valence-electron chi connectivity index (χ0n) is 17.8. The van der Waals surface area contributed by atoms with E-state index < -0.39 is 23.3 Å². The Morgan fingerprint density at radius 1 is 1.09 bits per heavy atom. The van der Waals surface area contributed by atoms with Crippen LogP contribution in [0.4, 0.5) is 13.2 Å². The van der Waals surface area contributed by atoms with E-state index in [-0.39, 0.29) is 17.3 Å². The molecule has 3 aromatic rings. The van der Waals surface area contributed by atoms with Gasteiger partial charge in [-0.15, -0.1) is 0 Å². The number of nitrogens with one attached hydrogen (secondary N) is 1. The van der Waals surface area contributed by atoms with Crippen LogP contribution >= 0.6 is 11.6 Å². The maximum absolute atomic E-state index is 13.9. The second-order valence-electron chi connectivity index (χ2n) is 7.21. The van der Waals surface area contributed by atoms with Gasteiger partial charge in [-0.2, -0.15) is 18.3 Å². The number of halogens is 4. The van der Waals surface area contributed by atoms with Crippen molar-refractivity contribution < 1.29 is 18.0 Å². The molecule has 0 fully saturated rings. The fraction of sp³-hybridized carbons (Fsp3) is 0.304. The first kappa shape index (κ1) is 23.8. The minimum absolute atomic E-state index is 0.107. The molecule has 1 amide bonds. The molecule has 0 unspecified atom stereocenters. The third kappa shape index (κ3) is 5.49. The van der Waals surface area contributed by atoms with Gasteiger partial charge in [-0.25, -0.2) is 4.68 Å². The molecule has 170 valence electrons. The molecular formula is C23H24ClF3N4O. The standard InChI is InChI=1S/C23H24ClF3N4O/c1-3-30(4-2)15-17-9-6-5-8-16(17)13-28-22(32)20-14-29-31(21(20)23(25,26)27)19-11-7-10-18(24)12-19/h5-12,14H,3-4,13,15H2,1-2H3,(H,28,32). The van der Waals surface area contributed by atoms with Gasteiger partial charge in [0.1, 0.15) is 0 Å². The molecule has 3 rings (SSSR count). The van der Waals surface area contributed by atoms with E-state index in [1.165, 1.54) is 18.2 Å². The van der Waals surface area contributed by atoms with E-state index in [0.29, 0.717) is 11.2 Å². The summed E-state index contributed by atoms with van der Waals surface area (Å²) in [7, 11) is 0. The molecule has 0 bridgehead atoms. The molecule has 32 heavy (non-hydrogen) atoms. The summed E-state index contributed by atoms with van der Waals surface area (Å²) < 4.78 is 42.3. The van der Waals surface area contributed by atoms with Crippen molar-refractivity contribution in [2.75, 3.05) is 13.1 Å². The van der Waals surface area contributed by atoms with Crippen LogP contribution < -0.4 is 5.32 Å². The van der Waals surface area contributed by atoms with E-state index in [1.54, 1.807) is 6.07 Å². The monoisotopic (exact) mass is 464 g/mol. The number of carbonyl (C=O) groups is 1. The van der Waals surface area contributed by atoms with Crippen molar-refractivity contribution in [3.8, 4) is 5.69 Å². The maximum Gasteiger partial charge on any atom is 0.434 e. The second-order valence-corrected chi connectivity index (χ2v) is 7.65. The number of amides is 1. The van der Waals surface area contributed by atoms with Crippen molar-refractivity contribution in [3.05, 3.63) is 82.1 Å². The van der Waals surface area contributed by atoms with Gasteiger partial charge in [0.25, 0.3) is 5.91 Å². The normalized spacial score (nSPS) is 11.7. The summed E-state index contributed by atoms with van der Waals surface area (Å²) in [4.78, 5) is 15.0.